The molecule has 0 aliphatic heterocycles. The molecule has 30 heavy (non-hydrogen) atoms. The van der Waals surface area contributed by atoms with Gasteiger partial charge in [-0.2, -0.15) is 0 Å². The molecule has 0 aliphatic rings. The SMILES string of the molecule is CCC(=CC=CC(O)(CC)CC)c1cccc(COc2ccc(CO)c(CO)c2)c1. The van der Waals surface area contributed by atoms with E-state index in [2.05, 4.69) is 25.1 Å². The number of hydrogen-bond acceptors (Lipinski definition) is 4. The van der Waals surface area contributed by atoms with Crippen molar-refractivity contribution in [2.75, 3.05) is 0 Å². The van der Waals surface area contributed by atoms with Gasteiger partial charge < -0.3 is 20.1 Å². The Bertz CT molecular complexity index is 863. The molecule has 0 saturated carbocycles. The van der Waals surface area contributed by atoms with Crippen molar-refractivity contribution in [1.29, 1.82) is 0 Å². The van der Waals surface area contributed by atoms with E-state index >= 15 is 0 Å². The zero-order chi connectivity index (χ0) is 22.0. The normalized spacial score (nSPS) is 12.5. The lowest BCUT2D eigenvalue weighted by molar-refractivity contribution is 0.0828. The Morgan fingerprint density at radius 3 is 2.33 bits per heavy atom. The lowest BCUT2D eigenvalue weighted by Gasteiger charge is -2.20. The molecule has 0 bridgehead atoms. The lowest BCUT2D eigenvalue weighted by atomic mass is 9.96. The number of benzene rings is 2. The Morgan fingerprint density at radius 1 is 0.967 bits per heavy atom. The molecule has 2 aromatic carbocycles. The van der Waals surface area contributed by atoms with Gasteiger partial charge in [-0.15, -0.1) is 0 Å². The first-order valence-electron chi connectivity index (χ1n) is 10.6. The van der Waals surface area contributed by atoms with E-state index in [1.54, 1.807) is 18.2 Å². The first kappa shape index (κ1) is 23.9. The predicted molar refractivity (Wildman–Crippen MR) is 122 cm³/mol. The van der Waals surface area contributed by atoms with Gasteiger partial charge in [0.25, 0.3) is 0 Å². The molecule has 162 valence electrons. The van der Waals surface area contributed by atoms with Crippen molar-refractivity contribution in [1.82, 2.24) is 0 Å². The molecule has 0 amide bonds. The second-order valence-corrected chi connectivity index (χ2v) is 7.45. The van der Waals surface area contributed by atoms with Crippen molar-refractivity contribution in [3.8, 4) is 5.75 Å². The van der Waals surface area contributed by atoms with Crippen molar-refractivity contribution in [2.45, 2.75) is 65.5 Å². The van der Waals surface area contributed by atoms with Crippen LogP contribution in [0.2, 0.25) is 0 Å². The van der Waals surface area contributed by atoms with Crippen LogP contribution in [0.3, 0.4) is 0 Å². The van der Waals surface area contributed by atoms with Gasteiger partial charge in [-0.25, -0.2) is 0 Å². The summed E-state index contributed by atoms with van der Waals surface area (Å²) in [6.45, 7) is 6.27. The molecule has 2 rings (SSSR count). The average molecular weight is 411 g/mol. The Balaban J connectivity index is 2.13. The molecule has 0 saturated heterocycles. The van der Waals surface area contributed by atoms with Gasteiger partial charge in [0.05, 0.1) is 18.8 Å². The molecule has 0 aliphatic carbocycles. The average Bonchev–Trinajstić information content (AvgIpc) is 2.80. The molecule has 4 heteroatoms. The number of aliphatic hydroxyl groups excluding tert-OH is 2. The standard InChI is InChI=1S/C26H34O4/c1-4-21(11-8-14-26(29,5-2)6-3)22-10-7-9-20(15-22)19-30-25-13-12-23(17-27)24(16-25)18-28/h7-16,27-29H,4-6,17-19H2,1-3H3. The maximum Gasteiger partial charge on any atom is 0.120 e. The summed E-state index contributed by atoms with van der Waals surface area (Å²) in [7, 11) is 0. The van der Waals surface area contributed by atoms with Gasteiger partial charge >= 0.3 is 0 Å². The Kier molecular flexibility index (Phi) is 9.31. The topological polar surface area (TPSA) is 69.9 Å². The highest BCUT2D eigenvalue weighted by Crippen LogP contribution is 2.23. The Hall–Kier alpha value is -2.40. The minimum Gasteiger partial charge on any atom is -0.489 e. The first-order valence-corrected chi connectivity index (χ1v) is 10.6. The van der Waals surface area contributed by atoms with Gasteiger partial charge in [0.1, 0.15) is 12.4 Å². The first-order chi connectivity index (χ1) is 14.5. The summed E-state index contributed by atoms with van der Waals surface area (Å²) in [5.41, 5.74) is 4.00. The van der Waals surface area contributed by atoms with Crippen molar-refractivity contribution in [3.05, 3.63) is 82.9 Å². The molecule has 0 aromatic heterocycles. The van der Waals surface area contributed by atoms with E-state index in [4.69, 9.17) is 4.74 Å². The fourth-order valence-corrected chi connectivity index (χ4v) is 3.27. The highest BCUT2D eigenvalue weighted by atomic mass is 16.5. The van der Waals surface area contributed by atoms with Crippen LogP contribution in [0.25, 0.3) is 5.57 Å². The highest BCUT2D eigenvalue weighted by Gasteiger charge is 2.16. The third kappa shape index (κ3) is 6.56. The van der Waals surface area contributed by atoms with E-state index in [-0.39, 0.29) is 13.2 Å². The molecule has 3 N–H and O–H groups in total. The van der Waals surface area contributed by atoms with E-state index in [1.165, 1.54) is 5.57 Å². The summed E-state index contributed by atoms with van der Waals surface area (Å²) >= 11 is 0. The van der Waals surface area contributed by atoms with Crippen LogP contribution in [0, 0.1) is 0 Å². The number of hydrogen-bond donors (Lipinski definition) is 3. The quantitative estimate of drug-likeness (QED) is 0.448. The summed E-state index contributed by atoms with van der Waals surface area (Å²) in [6, 6.07) is 13.6. The van der Waals surface area contributed by atoms with Crippen molar-refractivity contribution in [3.63, 3.8) is 0 Å². The van der Waals surface area contributed by atoms with Crippen LogP contribution in [0.15, 0.2) is 60.7 Å². The van der Waals surface area contributed by atoms with E-state index in [9.17, 15) is 15.3 Å². The number of aliphatic hydroxyl groups is 3. The zero-order valence-electron chi connectivity index (χ0n) is 18.3. The fraction of sp³-hybridized carbons (Fsp3) is 0.385. The summed E-state index contributed by atoms with van der Waals surface area (Å²) in [5.74, 6) is 0.661. The summed E-state index contributed by atoms with van der Waals surface area (Å²) in [4.78, 5) is 0. The molecule has 0 radical (unpaired) electrons. The second-order valence-electron chi connectivity index (χ2n) is 7.45. The fourth-order valence-electron chi connectivity index (χ4n) is 3.27. The van der Waals surface area contributed by atoms with Crippen LogP contribution < -0.4 is 4.74 Å². The number of ether oxygens (including phenoxy) is 1. The van der Waals surface area contributed by atoms with Gasteiger partial charge in [0.2, 0.25) is 0 Å². The maximum absolute atomic E-state index is 10.4. The van der Waals surface area contributed by atoms with Gasteiger partial charge in [0, 0.05) is 0 Å². The molecule has 0 heterocycles. The molecular formula is C26H34O4. The lowest BCUT2D eigenvalue weighted by Crippen LogP contribution is -2.22. The Morgan fingerprint density at radius 2 is 1.70 bits per heavy atom. The smallest absolute Gasteiger partial charge is 0.120 e. The monoisotopic (exact) mass is 410 g/mol. The highest BCUT2D eigenvalue weighted by molar-refractivity contribution is 5.67. The van der Waals surface area contributed by atoms with Gasteiger partial charge in [-0.05, 0) is 65.3 Å². The van der Waals surface area contributed by atoms with E-state index in [1.807, 2.05) is 38.1 Å². The van der Waals surface area contributed by atoms with Crippen molar-refractivity contribution < 1.29 is 20.1 Å². The second kappa shape index (κ2) is 11.7. The van der Waals surface area contributed by atoms with Crippen LogP contribution in [0.1, 0.15) is 62.3 Å². The van der Waals surface area contributed by atoms with Crippen LogP contribution in [0.5, 0.6) is 5.75 Å². The summed E-state index contributed by atoms with van der Waals surface area (Å²) in [5, 5.41) is 29.2. The van der Waals surface area contributed by atoms with Crippen LogP contribution in [-0.2, 0) is 19.8 Å². The van der Waals surface area contributed by atoms with E-state index in [0.717, 1.165) is 17.5 Å². The summed E-state index contributed by atoms with van der Waals surface area (Å²) in [6.07, 6.45) is 8.17. The third-order valence-electron chi connectivity index (χ3n) is 5.53. The largest absolute Gasteiger partial charge is 0.489 e. The molecular weight excluding hydrogens is 376 g/mol. The van der Waals surface area contributed by atoms with Crippen LogP contribution in [-0.4, -0.2) is 20.9 Å². The summed E-state index contributed by atoms with van der Waals surface area (Å²) < 4.78 is 5.90. The molecule has 0 atom stereocenters. The molecule has 0 fully saturated rings. The molecule has 0 spiro atoms. The third-order valence-corrected chi connectivity index (χ3v) is 5.53. The minimum absolute atomic E-state index is 0.104. The van der Waals surface area contributed by atoms with E-state index < -0.39 is 5.60 Å². The molecule has 0 unspecified atom stereocenters. The minimum atomic E-state index is -0.746. The Labute approximate surface area is 180 Å². The zero-order valence-corrected chi connectivity index (χ0v) is 18.3. The molecule has 2 aromatic rings. The predicted octanol–water partition coefficient (Wildman–Crippen LogP) is 5.15. The van der Waals surface area contributed by atoms with Crippen LogP contribution >= 0.6 is 0 Å². The van der Waals surface area contributed by atoms with Gasteiger partial charge in [0.15, 0.2) is 0 Å². The van der Waals surface area contributed by atoms with Crippen LogP contribution in [0.4, 0.5) is 0 Å². The molecule has 4 nitrogen and oxygen atoms in total. The van der Waals surface area contributed by atoms with Gasteiger partial charge in [-0.1, -0.05) is 63.3 Å². The number of rotatable bonds is 11. The number of allylic oxidation sites excluding steroid dienone is 3. The van der Waals surface area contributed by atoms with Gasteiger partial charge in [-0.3, -0.25) is 0 Å². The maximum atomic E-state index is 10.4. The van der Waals surface area contributed by atoms with Crippen molar-refractivity contribution >= 4 is 5.57 Å². The van der Waals surface area contributed by atoms with E-state index in [0.29, 0.717) is 36.3 Å². The van der Waals surface area contributed by atoms with Crippen molar-refractivity contribution in [2.24, 2.45) is 0 Å².